The second-order valence-corrected chi connectivity index (χ2v) is 8.80. The molecular weight excluding hydrogens is 444 g/mol. The molecule has 1 aromatic carbocycles. The molecule has 0 saturated carbocycles. The van der Waals surface area contributed by atoms with Gasteiger partial charge in [0.15, 0.2) is 21.2 Å². The van der Waals surface area contributed by atoms with E-state index < -0.39 is 55.8 Å². The van der Waals surface area contributed by atoms with Crippen LogP contribution in [-0.4, -0.2) is 23.8 Å². The number of rotatable bonds is 3. The van der Waals surface area contributed by atoms with Crippen molar-refractivity contribution in [2.75, 3.05) is 6.26 Å². The quantitative estimate of drug-likeness (QED) is 0.567. The van der Waals surface area contributed by atoms with Gasteiger partial charge in [-0.25, -0.2) is 22.2 Å². The van der Waals surface area contributed by atoms with Crippen LogP contribution < -0.4 is 11.2 Å². The minimum absolute atomic E-state index is 0.0180. The SMILES string of the molecule is Cn1c(C(F)(F)F)cc(=O)n(-c2c(F)cc(Cl)c3cc(CS(C)(=O)=O)oc23)c1=O. The maximum Gasteiger partial charge on any atom is 0.431 e. The molecule has 0 radical (unpaired) electrons. The van der Waals surface area contributed by atoms with Crippen molar-refractivity contribution in [1.82, 2.24) is 9.13 Å². The van der Waals surface area contributed by atoms with Crippen molar-refractivity contribution in [3.05, 3.63) is 61.3 Å². The lowest BCUT2D eigenvalue weighted by Crippen LogP contribution is -2.41. The first-order chi connectivity index (χ1) is 13.2. The van der Waals surface area contributed by atoms with E-state index in [-0.39, 0.29) is 31.4 Å². The Morgan fingerprint density at radius 1 is 1.17 bits per heavy atom. The average molecular weight is 455 g/mol. The summed E-state index contributed by atoms with van der Waals surface area (Å²) in [7, 11) is -2.79. The second kappa shape index (κ2) is 6.73. The van der Waals surface area contributed by atoms with E-state index in [0.717, 1.165) is 19.4 Å². The van der Waals surface area contributed by atoms with Crippen molar-refractivity contribution < 1.29 is 30.4 Å². The predicted molar refractivity (Wildman–Crippen MR) is 95.6 cm³/mol. The number of aromatic nitrogens is 2. The Morgan fingerprint density at radius 3 is 2.34 bits per heavy atom. The highest BCUT2D eigenvalue weighted by atomic mass is 35.5. The summed E-state index contributed by atoms with van der Waals surface area (Å²) in [5.41, 5.74) is -5.68. The molecule has 0 aliphatic carbocycles. The van der Waals surface area contributed by atoms with E-state index in [1.165, 1.54) is 6.07 Å². The third-order valence-corrected chi connectivity index (χ3v) is 5.10. The fourth-order valence-electron chi connectivity index (χ4n) is 2.80. The predicted octanol–water partition coefficient (Wildman–Crippen LogP) is 2.64. The van der Waals surface area contributed by atoms with E-state index in [9.17, 15) is 35.6 Å². The molecule has 2 heterocycles. The monoisotopic (exact) mass is 454 g/mol. The highest BCUT2D eigenvalue weighted by molar-refractivity contribution is 7.89. The molecule has 0 atom stereocenters. The van der Waals surface area contributed by atoms with Crippen molar-refractivity contribution in [3.63, 3.8) is 0 Å². The van der Waals surface area contributed by atoms with Crippen LogP contribution in [0.4, 0.5) is 17.6 Å². The number of sulfone groups is 1. The maximum atomic E-state index is 14.6. The zero-order chi connectivity index (χ0) is 21.9. The maximum absolute atomic E-state index is 14.6. The van der Waals surface area contributed by atoms with Crippen LogP contribution in [0.15, 0.2) is 32.2 Å². The van der Waals surface area contributed by atoms with Crippen LogP contribution in [0.2, 0.25) is 5.02 Å². The van der Waals surface area contributed by atoms with Crippen molar-refractivity contribution >= 4 is 32.4 Å². The Hall–Kier alpha value is -2.60. The molecule has 2 aromatic heterocycles. The van der Waals surface area contributed by atoms with Crippen molar-refractivity contribution in [3.8, 4) is 5.69 Å². The van der Waals surface area contributed by atoms with Gasteiger partial charge in [0.05, 0.1) is 5.02 Å². The Labute approximate surface area is 164 Å². The van der Waals surface area contributed by atoms with Crippen molar-refractivity contribution in [1.29, 1.82) is 0 Å². The standard InChI is InChI=1S/C16H11ClF4N2O5S/c1-22-11(16(19,20)21)5-12(24)23(15(22)25)13-10(18)4-9(17)8-3-7(28-14(8)13)6-29(2,26)27/h3-5H,6H2,1-2H3. The molecule has 0 fully saturated rings. The molecule has 0 N–H and O–H groups in total. The zero-order valence-corrected chi connectivity index (χ0v) is 16.2. The number of alkyl halides is 3. The summed E-state index contributed by atoms with van der Waals surface area (Å²) in [5, 5.41) is -0.225. The number of halogens is 5. The van der Waals surface area contributed by atoms with Crippen LogP contribution in [0.25, 0.3) is 16.7 Å². The first kappa shape index (κ1) is 21.1. The van der Waals surface area contributed by atoms with Gasteiger partial charge in [-0.2, -0.15) is 13.2 Å². The molecule has 3 rings (SSSR count). The van der Waals surface area contributed by atoms with Crippen LogP contribution in [0.1, 0.15) is 11.5 Å². The molecule has 0 saturated heterocycles. The first-order valence-corrected chi connectivity index (χ1v) is 10.1. The van der Waals surface area contributed by atoms with Crippen LogP contribution in [0.3, 0.4) is 0 Å². The zero-order valence-electron chi connectivity index (χ0n) is 14.7. The molecule has 0 aliphatic rings. The van der Waals surface area contributed by atoms with Crippen LogP contribution >= 0.6 is 11.6 Å². The molecule has 156 valence electrons. The minimum Gasteiger partial charge on any atom is -0.458 e. The molecule has 0 bridgehead atoms. The van der Waals surface area contributed by atoms with E-state index in [2.05, 4.69) is 0 Å². The summed E-state index contributed by atoms with van der Waals surface area (Å²) in [6, 6.07) is 2.06. The summed E-state index contributed by atoms with van der Waals surface area (Å²) < 4.78 is 82.3. The van der Waals surface area contributed by atoms with Crippen molar-refractivity contribution in [2.24, 2.45) is 7.05 Å². The van der Waals surface area contributed by atoms with E-state index in [4.69, 9.17) is 16.0 Å². The van der Waals surface area contributed by atoms with Gasteiger partial charge in [-0.1, -0.05) is 11.6 Å². The molecule has 0 aliphatic heterocycles. The van der Waals surface area contributed by atoms with Gasteiger partial charge in [-0.15, -0.1) is 0 Å². The number of nitrogens with zero attached hydrogens (tertiary/aromatic N) is 2. The summed E-state index contributed by atoms with van der Waals surface area (Å²) in [4.78, 5) is 24.8. The Kier molecular flexibility index (Phi) is 4.90. The van der Waals surface area contributed by atoms with Crippen molar-refractivity contribution in [2.45, 2.75) is 11.9 Å². The lowest BCUT2D eigenvalue weighted by Gasteiger charge is -2.14. The van der Waals surface area contributed by atoms with Gasteiger partial charge in [0.1, 0.15) is 22.9 Å². The van der Waals surface area contributed by atoms with Gasteiger partial charge < -0.3 is 4.42 Å². The minimum atomic E-state index is -4.99. The van der Waals surface area contributed by atoms with E-state index in [1.807, 2.05) is 0 Å². The molecule has 29 heavy (non-hydrogen) atoms. The van der Waals surface area contributed by atoms with E-state index in [0.29, 0.717) is 0 Å². The summed E-state index contributed by atoms with van der Waals surface area (Å²) in [5.74, 6) is -1.96. The number of furan rings is 1. The van der Waals surface area contributed by atoms with Gasteiger partial charge in [0.25, 0.3) is 5.56 Å². The number of hydrogen-bond donors (Lipinski definition) is 0. The van der Waals surface area contributed by atoms with Crippen LogP contribution in [-0.2, 0) is 28.8 Å². The summed E-state index contributed by atoms with van der Waals surface area (Å²) >= 11 is 5.93. The highest BCUT2D eigenvalue weighted by Crippen LogP contribution is 2.34. The fourth-order valence-corrected chi connectivity index (χ4v) is 3.70. The van der Waals surface area contributed by atoms with E-state index in [1.54, 1.807) is 0 Å². The lowest BCUT2D eigenvalue weighted by atomic mass is 10.2. The normalized spacial score (nSPS) is 12.7. The lowest BCUT2D eigenvalue weighted by molar-refractivity contribution is -0.144. The van der Waals surface area contributed by atoms with Crippen LogP contribution in [0.5, 0.6) is 0 Å². The molecule has 0 spiro atoms. The second-order valence-electron chi connectivity index (χ2n) is 6.26. The fraction of sp³-hybridized carbons (Fsp3) is 0.250. The average Bonchev–Trinajstić information content (AvgIpc) is 2.94. The molecular formula is C16H11ClF4N2O5S. The van der Waals surface area contributed by atoms with Gasteiger partial charge in [0.2, 0.25) is 0 Å². The van der Waals surface area contributed by atoms with Gasteiger partial charge >= 0.3 is 11.9 Å². The van der Waals surface area contributed by atoms with Gasteiger partial charge in [0, 0.05) is 24.8 Å². The van der Waals surface area contributed by atoms with Gasteiger partial charge in [-0.05, 0) is 12.1 Å². The third-order valence-electron chi connectivity index (χ3n) is 3.97. The largest absolute Gasteiger partial charge is 0.458 e. The molecule has 3 aromatic rings. The van der Waals surface area contributed by atoms with Gasteiger partial charge in [-0.3, -0.25) is 9.36 Å². The Bertz CT molecular complexity index is 1370. The summed E-state index contributed by atoms with van der Waals surface area (Å²) in [6.45, 7) is 0. The Balaban J connectivity index is 2.41. The smallest absolute Gasteiger partial charge is 0.431 e. The van der Waals surface area contributed by atoms with E-state index >= 15 is 0 Å². The third kappa shape index (κ3) is 3.81. The molecule has 0 unspecified atom stereocenters. The molecule has 13 heteroatoms. The highest BCUT2D eigenvalue weighted by Gasteiger charge is 2.35. The summed E-state index contributed by atoms with van der Waals surface area (Å²) in [6.07, 6.45) is -4.08. The first-order valence-electron chi connectivity index (χ1n) is 7.69. The number of benzene rings is 1. The molecule has 7 nitrogen and oxygen atoms in total. The number of hydrogen-bond acceptors (Lipinski definition) is 5. The topological polar surface area (TPSA) is 91.3 Å². The van der Waals surface area contributed by atoms with Crippen LogP contribution in [0, 0.1) is 5.82 Å². The molecule has 0 amide bonds. The Morgan fingerprint density at radius 2 is 1.79 bits per heavy atom. The number of fused-ring (bicyclic) bond motifs is 1.